The van der Waals surface area contributed by atoms with Crippen molar-refractivity contribution in [2.45, 2.75) is 32.1 Å². The molecule has 2 aromatic rings. The highest BCUT2D eigenvalue weighted by Crippen LogP contribution is 2.24. The maximum Gasteiger partial charge on any atom is 0.132 e. The summed E-state index contributed by atoms with van der Waals surface area (Å²) in [5.74, 6) is 1.02. The lowest BCUT2D eigenvalue weighted by atomic mass is 9.96. The monoisotopic (exact) mass is 257 g/mol. The molecule has 0 saturated heterocycles. The van der Waals surface area contributed by atoms with E-state index in [1.54, 1.807) is 6.33 Å². The second-order valence-corrected chi connectivity index (χ2v) is 4.98. The largest absolute Gasteiger partial charge is 0.369 e. The van der Waals surface area contributed by atoms with E-state index in [0.717, 1.165) is 31.6 Å². The first-order valence-corrected chi connectivity index (χ1v) is 6.88. The summed E-state index contributed by atoms with van der Waals surface area (Å²) < 4.78 is 1.91. The van der Waals surface area contributed by atoms with Crippen LogP contribution in [0.1, 0.15) is 29.8 Å². The molecule has 0 atom stereocenters. The van der Waals surface area contributed by atoms with Crippen molar-refractivity contribution in [3.8, 4) is 0 Å². The first-order valence-electron chi connectivity index (χ1n) is 6.88. The predicted molar refractivity (Wildman–Crippen MR) is 74.1 cm³/mol. The summed E-state index contributed by atoms with van der Waals surface area (Å²) in [6.45, 7) is 0.878. The summed E-state index contributed by atoms with van der Waals surface area (Å²) in [5, 5.41) is 7.62. The molecule has 0 aromatic carbocycles. The average Bonchev–Trinajstić information content (AvgIpc) is 2.85. The van der Waals surface area contributed by atoms with E-state index in [1.807, 2.05) is 17.9 Å². The molecule has 1 N–H and O–H groups in total. The Morgan fingerprint density at radius 2 is 2.16 bits per heavy atom. The van der Waals surface area contributed by atoms with Gasteiger partial charge >= 0.3 is 0 Å². The molecule has 0 bridgehead atoms. The molecular formula is C14H19N5. The molecule has 19 heavy (non-hydrogen) atoms. The lowest BCUT2D eigenvalue weighted by Crippen LogP contribution is -2.14. The van der Waals surface area contributed by atoms with Gasteiger partial charge in [-0.25, -0.2) is 9.97 Å². The van der Waals surface area contributed by atoms with Crippen LogP contribution in [0.25, 0.3) is 0 Å². The number of aromatic nitrogens is 4. The molecule has 0 fully saturated rings. The number of hydrogen-bond donors (Lipinski definition) is 1. The van der Waals surface area contributed by atoms with E-state index in [9.17, 15) is 0 Å². The molecule has 0 amide bonds. The van der Waals surface area contributed by atoms with Crippen molar-refractivity contribution in [3.05, 3.63) is 35.5 Å². The number of anilines is 1. The van der Waals surface area contributed by atoms with Crippen molar-refractivity contribution in [1.82, 2.24) is 19.7 Å². The van der Waals surface area contributed by atoms with E-state index in [-0.39, 0.29) is 0 Å². The van der Waals surface area contributed by atoms with Gasteiger partial charge in [0.05, 0.1) is 0 Å². The molecule has 0 radical (unpaired) electrons. The minimum absolute atomic E-state index is 0.878. The summed E-state index contributed by atoms with van der Waals surface area (Å²) in [6, 6.07) is 2.05. The van der Waals surface area contributed by atoms with E-state index in [1.165, 1.54) is 29.8 Å². The van der Waals surface area contributed by atoms with Crippen LogP contribution in [0.5, 0.6) is 0 Å². The van der Waals surface area contributed by atoms with E-state index in [4.69, 9.17) is 0 Å². The molecule has 2 heterocycles. The average molecular weight is 257 g/mol. The Morgan fingerprint density at radius 1 is 1.26 bits per heavy atom. The minimum atomic E-state index is 0.878. The van der Waals surface area contributed by atoms with Crippen LogP contribution >= 0.6 is 0 Å². The van der Waals surface area contributed by atoms with Gasteiger partial charge in [0.2, 0.25) is 0 Å². The van der Waals surface area contributed by atoms with Gasteiger partial charge in [-0.1, -0.05) is 0 Å². The third-order valence-corrected chi connectivity index (χ3v) is 3.72. The van der Waals surface area contributed by atoms with Crippen molar-refractivity contribution in [2.75, 3.05) is 11.9 Å². The van der Waals surface area contributed by atoms with Gasteiger partial charge in [-0.05, 0) is 31.7 Å². The number of rotatable bonds is 4. The van der Waals surface area contributed by atoms with Crippen molar-refractivity contribution in [1.29, 1.82) is 0 Å². The maximum absolute atomic E-state index is 4.39. The van der Waals surface area contributed by atoms with Crippen LogP contribution in [0, 0.1) is 0 Å². The van der Waals surface area contributed by atoms with Gasteiger partial charge in [-0.3, -0.25) is 4.68 Å². The fourth-order valence-electron chi connectivity index (χ4n) is 2.63. The van der Waals surface area contributed by atoms with Crippen LogP contribution in [-0.4, -0.2) is 26.3 Å². The zero-order valence-corrected chi connectivity index (χ0v) is 11.3. The van der Waals surface area contributed by atoms with Gasteiger partial charge in [0.15, 0.2) is 0 Å². The summed E-state index contributed by atoms with van der Waals surface area (Å²) in [5.41, 5.74) is 3.78. The standard InChI is InChI=1S/C14H19N5/c1-19-11(7-9-18-19)6-8-15-14-12-4-2-3-5-13(12)16-10-17-14/h7,9-10H,2-6,8H2,1H3,(H,15,16,17). The van der Waals surface area contributed by atoms with Crippen LogP contribution in [0.2, 0.25) is 0 Å². The number of nitrogens with zero attached hydrogens (tertiary/aromatic N) is 4. The van der Waals surface area contributed by atoms with Gasteiger partial charge in [-0.15, -0.1) is 0 Å². The number of fused-ring (bicyclic) bond motifs is 1. The molecule has 100 valence electrons. The van der Waals surface area contributed by atoms with Crippen molar-refractivity contribution < 1.29 is 0 Å². The fourth-order valence-corrected chi connectivity index (χ4v) is 2.63. The van der Waals surface area contributed by atoms with E-state index < -0.39 is 0 Å². The molecule has 5 nitrogen and oxygen atoms in total. The minimum Gasteiger partial charge on any atom is -0.369 e. The Bertz CT molecular complexity index is 561. The van der Waals surface area contributed by atoms with E-state index in [0.29, 0.717) is 0 Å². The maximum atomic E-state index is 4.39. The smallest absolute Gasteiger partial charge is 0.132 e. The summed E-state index contributed by atoms with van der Waals surface area (Å²) >= 11 is 0. The van der Waals surface area contributed by atoms with Crippen LogP contribution in [0.3, 0.4) is 0 Å². The Morgan fingerprint density at radius 3 is 3.00 bits per heavy atom. The Labute approximate surface area is 113 Å². The zero-order chi connectivity index (χ0) is 13.1. The van der Waals surface area contributed by atoms with E-state index >= 15 is 0 Å². The Hall–Kier alpha value is -1.91. The van der Waals surface area contributed by atoms with E-state index in [2.05, 4.69) is 26.4 Å². The molecule has 0 aliphatic heterocycles. The molecular weight excluding hydrogens is 238 g/mol. The number of nitrogens with one attached hydrogen (secondary N) is 1. The Balaban J connectivity index is 1.66. The Kier molecular flexibility index (Phi) is 3.44. The van der Waals surface area contributed by atoms with Crippen LogP contribution in [-0.2, 0) is 26.3 Å². The highest BCUT2D eigenvalue weighted by atomic mass is 15.3. The second-order valence-electron chi connectivity index (χ2n) is 4.98. The molecule has 3 rings (SSSR count). The van der Waals surface area contributed by atoms with Gasteiger partial charge in [-0.2, -0.15) is 5.10 Å². The molecule has 1 aliphatic rings. The third kappa shape index (κ3) is 2.59. The van der Waals surface area contributed by atoms with Crippen molar-refractivity contribution in [3.63, 3.8) is 0 Å². The molecule has 0 saturated carbocycles. The van der Waals surface area contributed by atoms with Crippen LogP contribution in [0.4, 0.5) is 5.82 Å². The summed E-state index contributed by atoms with van der Waals surface area (Å²) in [7, 11) is 1.97. The fraction of sp³-hybridized carbons (Fsp3) is 0.500. The van der Waals surface area contributed by atoms with Gasteiger partial charge in [0.25, 0.3) is 0 Å². The normalized spacial score (nSPS) is 14.2. The van der Waals surface area contributed by atoms with Crippen LogP contribution in [0.15, 0.2) is 18.6 Å². The van der Waals surface area contributed by atoms with Crippen molar-refractivity contribution >= 4 is 5.82 Å². The zero-order valence-electron chi connectivity index (χ0n) is 11.3. The second kappa shape index (κ2) is 5.38. The lowest BCUT2D eigenvalue weighted by Gasteiger charge is -2.18. The highest BCUT2D eigenvalue weighted by molar-refractivity contribution is 5.46. The summed E-state index contributed by atoms with van der Waals surface area (Å²) in [4.78, 5) is 8.78. The first kappa shape index (κ1) is 12.1. The molecule has 1 aliphatic carbocycles. The number of aryl methyl sites for hydroxylation is 2. The van der Waals surface area contributed by atoms with Crippen LogP contribution < -0.4 is 5.32 Å². The third-order valence-electron chi connectivity index (χ3n) is 3.72. The summed E-state index contributed by atoms with van der Waals surface area (Å²) in [6.07, 6.45) is 9.15. The quantitative estimate of drug-likeness (QED) is 0.906. The first-order chi connectivity index (χ1) is 9.34. The van der Waals surface area contributed by atoms with Gasteiger partial charge < -0.3 is 5.32 Å². The highest BCUT2D eigenvalue weighted by Gasteiger charge is 2.14. The van der Waals surface area contributed by atoms with Crippen molar-refractivity contribution in [2.24, 2.45) is 7.05 Å². The SMILES string of the molecule is Cn1nccc1CCNc1ncnc2c1CCCC2. The molecule has 0 spiro atoms. The molecule has 5 heteroatoms. The molecule has 0 unspecified atom stereocenters. The lowest BCUT2D eigenvalue weighted by molar-refractivity contribution is 0.662. The predicted octanol–water partition coefficient (Wildman–Crippen LogP) is 1.74. The topological polar surface area (TPSA) is 55.6 Å². The van der Waals surface area contributed by atoms with Gasteiger partial charge in [0, 0.05) is 43.2 Å². The number of hydrogen-bond acceptors (Lipinski definition) is 4. The van der Waals surface area contributed by atoms with Gasteiger partial charge in [0.1, 0.15) is 12.1 Å². The molecule has 2 aromatic heterocycles.